The van der Waals surface area contributed by atoms with Crippen LogP contribution in [0, 0.1) is 12.7 Å². The van der Waals surface area contributed by atoms with E-state index >= 15 is 0 Å². The summed E-state index contributed by atoms with van der Waals surface area (Å²) < 4.78 is 43.5. The average molecular weight is 443 g/mol. The Kier molecular flexibility index (Phi) is 6.09. The van der Waals surface area contributed by atoms with E-state index in [4.69, 9.17) is 27.9 Å². The maximum atomic E-state index is 13.6. The second kappa shape index (κ2) is 8.21. The van der Waals surface area contributed by atoms with Crippen LogP contribution in [0.2, 0.25) is 10.0 Å². The van der Waals surface area contributed by atoms with E-state index in [9.17, 15) is 12.8 Å². The quantitative estimate of drug-likeness (QED) is 0.590. The minimum atomic E-state index is -3.52. The summed E-state index contributed by atoms with van der Waals surface area (Å²) in [5, 5.41) is 0.434. The van der Waals surface area contributed by atoms with Crippen LogP contribution in [-0.2, 0) is 21.2 Å². The number of hydrogen-bond donors (Lipinski definition) is 1. The van der Waals surface area contributed by atoms with Crippen molar-refractivity contribution in [1.82, 2.24) is 9.97 Å². The van der Waals surface area contributed by atoms with Crippen LogP contribution in [0.1, 0.15) is 28.7 Å². The van der Waals surface area contributed by atoms with Crippen molar-refractivity contribution in [1.29, 1.82) is 0 Å². The Bertz CT molecular complexity index is 1120. The number of sulfone groups is 1. The van der Waals surface area contributed by atoms with Gasteiger partial charge in [0, 0.05) is 11.3 Å². The standard InChI is InChI=1S/C19H17Cl2FN2O3S/c1-11-19(28(2,25)26)24-18(23-11)17(13-6-7-16(22)15(21)9-13)27-10-12-4-3-5-14(20)8-12/h3-9,17H,10H2,1-2H3,(H,23,24)/t17-/m1/s1. The molecule has 1 heterocycles. The first-order chi connectivity index (χ1) is 13.1. The van der Waals surface area contributed by atoms with Gasteiger partial charge >= 0.3 is 0 Å². The van der Waals surface area contributed by atoms with Gasteiger partial charge in [0.25, 0.3) is 0 Å². The van der Waals surface area contributed by atoms with Crippen LogP contribution in [0.3, 0.4) is 0 Å². The SMILES string of the molecule is Cc1[nH]c([C@H](OCc2cccc(Cl)c2)c2ccc(F)c(Cl)c2)nc1S(C)(=O)=O. The van der Waals surface area contributed by atoms with Crippen molar-refractivity contribution >= 4 is 33.0 Å². The normalized spacial score (nSPS) is 12.9. The van der Waals surface area contributed by atoms with Gasteiger partial charge in [-0.05, 0) is 42.3 Å². The third kappa shape index (κ3) is 4.72. The Labute approximate surface area is 172 Å². The van der Waals surface area contributed by atoms with Crippen LogP contribution in [-0.4, -0.2) is 24.6 Å². The first-order valence-electron chi connectivity index (χ1n) is 8.22. The van der Waals surface area contributed by atoms with Crippen LogP contribution in [0.25, 0.3) is 0 Å². The highest BCUT2D eigenvalue weighted by Crippen LogP contribution is 2.30. The zero-order chi connectivity index (χ0) is 20.5. The van der Waals surface area contributed by atoms with Crippen LogP contribution in [0.4, 0.5) is 4.39 Å². The second-order valence-corrected chi connectivity index (χ2v) is 9.09. The Morgan fingerprint density at radius 1 is 1.21 bits per heavy atom. The molecule has 3 rings (SSSR count). The zero-order valence-electron chi connectivity index (χ0n) is 15.0. The minimum Gasteiger partial charge on any atom is -0.361 e. The maximum Gasteiger partial charge on any atom is 0.194 e. The molecule has 9 heteroatoms. The van der Waals surface area contributed by atoms with E-state index in [1.165, 1.54) is 18.2 Å². The smallest absolute Gasteiger partial charge is 0.194 e. The van der Waals surface area contributed by atoms with Gasteiger partial charge in [-0.15, -0.1) is 0 Å². The van der Waals surface area contributed by atoms with E-state index in [0.717, 1.165) is 11.8 Å². The largest absolute Gasteiger partial charge is 0.361 e. The number of aromatic nitrogens is 2. The Hall–Kier alpha value is -1.93. The van der Waals surface area contributed by atoms with Crippen LogP contribution in [0.15, 0.2) is 47.5 Å². The first-order valence-corrected chi connectivity index (χ1v) is 10.9. The molecule has 0 amide bonds. The van der Waals surface area contributed by atoms with Gasteiger partial charge in [0.1, 0.15) is 17.7 Å². The summed E-state index contributed by atoms with van der Waals surface area (Å²) in [6, 6.07) is 11.3. The van der Waals surface area contributed by atoms with E-state index in [1.54, 1.807) is 25.1 Å². The predicted molar refractivity (Wildman–Crippen MR) is 106 cm³/mol. The molecule has 3 aromatic rings. The molecule has 0 radical (unpaired) electrons. The molecule has 0 spiro atoms. The van der Waals surface area contributed by atoms with Crippen LogP contribution < -0.4 is 0 Å². The lowest BCUT2D eigenvalue weighted by molar-refractivity contribution is 0.0613. The van der Waals surface area contributed by atoms with Crippen LogP contribution >= 0.6 is 23.2 Å². The Morgan fingerprint density at radius 2 is 1.96 bits per heavy atom. The van der Waals surface area contributed by atoms with E-state index in [2.05, 4.69) is 9.97 Å². The van der Waals surface area contributed by atoms with Crippen molar-refractivity contribution in [2.75, 3.05) is 6.26 Å². The number of aryl methyl sites for hydroxylation is 1. The molecule has 28 heavy (non-hydrogen) atoms. The summed E-state index contributed by atoms with van der Waals surface area (Å²) >= 11 is 11.9. The highest BCUT2D eigenvalue weighted by molar-refractivity contribution is 7.90. The highest BCUT2D eigenvalue weighted by Gasteiger charge is 2.24. The molecule has 1 aromatic heterocycles. The van der Waals surface area contributed by atoms with Crippen molar-refractivity contribution < 1.29 is 17.5 Å². The average Bonchev–Trinajstić information content (AvgIpc) is 3.00. The summed E-state index contributed by atoms with van der Waals surface area (Å²) in [6.07, 6.45) is 0.294. The fourth-order valence-corrected chi connectivity index (χ4v) is 4.04. The molecule has 0 aliphatic carbocycles. The molecule has 2 aromatic carbocycles. The number of imidazole rings is 1. The second-order valence-electron chi connectivity index (χ2n) is 6.32. The third-order valence-corrected chi connectivity index (χ3v) is 5.63. The summed E-state index contributed by atoms with van der Waals surface area (Å²) in [6.45, 7) is 1.78. The summed E-state index contributed by atoms with van der Waals surface area (Å²) in [4.78, 5) is 7.16. The van der Waals surface area contributed by atoms with E-state index in [0.29, 0.717) is 16.3 Å². The minimum absolute atomic E-state index is 0.0629. The lowest BCUT2D eigenvalue weighted by Gasteiger charge is -2.17. The van der Waals surface area contributed by atoms with Gasteiger partial charge in [-0.2, -0.15) is 0 Å². The molecule has 148 valence electrons. The molecule has 0 saturated carbocycles. The number of hydrogen-bond acceptors (Lipinski definition) is 4. The van der Waals surface area contributed by atoms with Gasteiger partial charge in [0.15, 0.2) is 14.9 Å². The zero-order valence-corrected chi connectivity index (χ0v) is 17.4. The fourth-order valence-electron chi connectivity index (χ4n) is 2.77. The van der Waals surface area contributed by atoms with Crippen LogP contribution in [0.5, 0.6) is 0 Å². The lowest BCUT2D eigenvalue weighted by atomic mass is 10.1. The topological polar surface area (TPSA) is 72.0 Å². The lowest BCUT2D eigenvalue weighted by Crippen LogP contribution is -2.09. The summed E-state index contributed by atoms with van der Waals surface area (Å²) in [5.74, 6) is -0.283. The van der Waals surface area contributed by atoms with Gasteiger partial charge in [0.2, 0.25) is 0 Å². The van der Waals surface area contributed by atoms with Crippen molar-refractivity contribution in [2.45, 2.75) is 24.7 Å². The van der Waals surface area contributed by atoms with Gasteiger partial charge in [0.05, 0.1) is 17.3 Å². The molecular weight excluding hydrogens is 426 g/mol. The van der Waals surface area contributed by atoms with Crippen molar-refractivity contribution in [3.05, 3.63) is 81.0 Å². The van der Waals surface area contributed by atoms with Crippen molar-refractivity contribution in [3.8, 4) is 0 Å². The van der Waals surface area contributed by atoms with Gasteiger partial charge in [-0.25, -0.2) is 17.8 Å². The molecular formula is C19H17Cl2FN2O3S. The third-order valence-electron chi connectivity index (χ3n) is 4.01. The molecule has 0 fully saturated rings. The number of rotatable bonds is 6. The molecule has 0 aliphatic rings. The molecule has 1 N–H and O–H groups in total. The monoisotopic (exact) mass is 442 g/mol. The van der Waals surface area contributed by atoms with Gasteiger partial charge in [-0.1, -0.05) is 41.4 Å². The number of aromatic amines is 1. The van der Waals surface area contributed by atoms with Crippen molar-refractivity contribution in [2.24, 2.45) is 0 Å². The Balaban J connectivity index is 2.00. The summed E-state index contributed by atoms with van der Waals surface area (Å²) in [7, 11) is -3.52. The predicted octanol–water partition coefficient (Wildman–Crippen LogP) is 4.87. The fraction of sp³-hybridized carbons (Fsp3) is 0.211. The molecule has 0 unspecified atom stereocenters. The number of nitrogens with one attached hydrogen (secondary N) is 1. The van der Waals surface area contributed by atoms with E-state index in [1.807, 2.05) is 6.07 Å². The van der Waals surface area contributed by atoms with Crippen molar-refractivity contribution in [3.63, 3.8) is 0 Å². The maximum absolute atomic E-state index is 13.6. The van der Waals surface area contributed by atoms with Gasteiger partial charge in [-0.3, -0.25) is 0 Å². The molecule has 1 atom stereocenters. The number of ether oxygens (including phenoxy) is 1. The summed E-state index contributed by atoms with van der Waals surface area (Å²) in [5.41, 5.74) is 1.74. The molecule has 0 bridgehead atoms. The number of halogens is 3. The van der Waals surface area contributed by atoms with E-state index in [-0.39, 0.29) is 22.5 Å². The van der Waals surface area contributed by atoms with E-state index < -0.39 is 21.8 Å². The molecule has 5 nitrogen and oxygen atoms in total. The number of nitrogens with zero attached hydrogens (tertiary/aromatic N) is 1. The first kappa shape index (κ1) is 20.8. The Morgan fingerprint density at radius 3 is 2.57 bits per heavy atom. The number of benzene rings is 2. The highest BCUT2D eigenvalue weighted by atomic mass is 35.5. The van der Waals surface area contributed by atoms with Gasteiger partial charge < -0.3 is 9.72 Å². The number of H-pyrrole nitrogens is 1. The molecule has 0 aliphatic heterocycles. The molecule has 0 saturated heterocycles.